The van der Waals surface area contributed by atoms with Crippen molar-refractivity contribution in [3.63, 3.8) is 0 Å². The number of H-pyrrole nitrogens is 1. The van der Waals surface area contributed by atoms with E-state index in [9.17, 15) is 4.79 Å². The van der Waals surface area contributed by atoms with Crippen LogP contribution in [0.2, 0.25) is 5.02 Å². The van der Waals surface area contributed by atoms with E-state index in [2.05, 4.69) is 29.4 Å². The summed E-state index contributed by atoms with van der Waals surface area (Å²) >= 11 is 6.01. The van der Waals surface area contributed by atoms with E-state index in [4.69, 9.17) is 11.6 Å². The quantitative estimate of drug-likeness (QED) is 0.840. The van der Waals surface area contributed by atoms with E-state index < -0.39 is 0 Å². The number of benzene rings is 1. The predicted octanol–water partition coefficient (Wildman–Crippen LogP) is 3.84. The summed E-state index contributed by atoms with van der Waals surface area (Å²) in [5, 5.41) is 10.2. The molecule has 1 aromatic carbocycles. The number of amides is 1. The number of aromatic nitrogens is 2. The van der Waals surface area contributed by atoms with E-state index in [1.54, 1.807) is 12.1 Å². The normalized spacial score (nSPS) is 11.2. The Morgan fingerprint density at radius 3 is 2.80 bits per heavy atom. The molecule has 4 nitrogen and oxygen atoms in total. The molecule has 0 aliphatic rings. The van der Waals surface area contributed by atoms with Crippen LogP contribution < -0.4 is 5.32 Å². The molecule has 0 spiro atoms. The third-order valence-corrected chi connectivity index (χ3v) is 3.13. The van der Waals surface area contributed by atoms with E-state index >= 15 is 0 Å². The van der Waals surface area contributed by atoms with Gasteiger partial charge in [-0.3, -0.25) is 9.89 Å². The highest BCUT2D eigenvalue weighted by molar-refractivity contribution is 6.32. The second kappa shape index (κ2) is 6.39. The number of hydrogen-bond acceptors (Lipinski definition) is 2. The minimum Gasteiger partial charge on any atom is -0.306 e. The van der Waals surface area contributed by atoms with Gasteiger partial charge in [-0.25, -0.2) is 0 Å². The van der Waals surface area contributed by atoms with Gasteiger partial charge in [0.2, 0.25) is 5.91 Å². The number of carbonyl (C=O) groups excluding carboxylic acids is 1. The molecule has 0 aliphatic carbocycles. The standard InChI is InChI=1S/C15H16ClN3O/c1-10(2)13-9-14(19-18-13)17-15(20)8-7-11-5-3-4-6-12(11)16/h3-10H,1-2H3,(H2,17,18,19,20)/b8-7+. The summed E-state index contributed by atoms with van der Waals surface area (Å²) in [6, 6.07) is 9.16. The van der Waals surface area contributed by atoms with Crippen LogP contribution in [0, 0.1) is 0 Å². The molecule has 2 aromatic rings. The lowest BCUT2D eigenvalue weighted by atomic mass is 10.1. The maximum atomic E-state index is 11.8. The molecule has 2 N–H and O–H groups in total. The second-order valence-electron chi connectivity index (χ2n) is 4.71. The average molecular weight is 290 g/mol. The van der Waals surface area contributed by atoms with Gasteiger partial charge in [0, 0.05) is 22.9 Å². The monoisotopic (exact) mass is 289 g/mol. The Balaban J connectivity index is 2.00. The highest BCUT2D eigenvalue weighted by atomic mass is 35.5. The Morgan fingerprint density at radius 2 is 2.15 bits per heavy atom. The van der Waals surface area contributed by atoms with Crippen molar-refractivity contribution in [1.82, 2.24) is 10.2 Å². The molecule has 104 valence electrons. The minimum atomic E-state index is -0.244. The molecule has 20 heavy (non-hydrogen) atoms. The van der Waals surface area contributed by atoms with Crippen LogP contribution >= 0.6 is 11.6 Å². The number of nitrogens with one attached hydrogen (secondary N) is 2. The summed E-state index contributed by atoms with van der Waals surface area (Å²) in [6.45, 7) is 4.10. The van der Waals surface area contributed by atoms with Gasteiger partial charge in [-0.15, -0.1) is 0 Å². The number of anilines is 1. The number of hydrogen-bond donors (Lipinski definition) is 2. The van der Waals surface area contributed by atoms with Crippen molar-refractivity contribution < 1.29 is 4.79 Å². The van der Waals surface area contributed by atoms with Crippen molar-refractivity contribution in [2.45, 2.75) is 19.8 Å². The molecule has 0 saturated carbocycles. The van der Waals surface area contributed by atoms with Crippen LogP contribution in [0.1, 0.15) is 31.0 Å². The number of rotatable bonds is 4. The van der Waals surface area contributed by atoms with Crippen molar-refractivity contribution in [3.05, 3.63) is 52.7 Å². The van der Waals surface area contributed by atoms with Gasteiger partial charge in [0.25, 0.3) is 0 Å². The largest absolute Gasteiger partial charge is 0.306 e. The van der Waals surface area contributed by atoms with Crippen molar-refractivity contribution in [2.24, 2.45) is 0 Å². The van der Waals surface area contributed by atoms with Gasteiger partial charge >= 0.3 is 0 Å². The molecule has 0 atom stereocenters. The van der Waals surface area contributed by atoms with Crippen LogP contribution in [-0.2, 0) is 4.79 Å². The lowest BCUT2D eigenvalue weighted by Crippen LogP contribution is -2.07. The Kier molecular flexibility index (Phi) is 4.58. The molecule has 0 unspecified atom stereocenters. The summed E-state index contributed by atoms with van der Waals surface area (Å²) in [6.07, 6.45) is 3.11. The third kappa shape index (κ3) is 3.71. The minimum absolute atomic E-state index is 0.244. The number of carbonyl (C=O) groups is 1. The summed E-state index contributed by atoms with van der Waals surface area (Å²) in [7, 11) is 0. The van der Waals surface area contributed by atoms with Crippen molar-refractivity contribution in [3.8, 4) is 0 Å². The van der Waals surface area contributed by atoms with Gasteiger partial charge in [-0.1, -0.05) is 43.6 Å². The maximum Gasteiger partial charge on any atom is 0.249 e. The zero-order valence-corrected chi connectivity index (χ0v) is 12.1. The van der Waals surface area contributed by atoms with E-state index in [0.29, 0.717) is 16.8 Å². The molecule has 0 aliphatic heterocycles. The molecule has 0 fully saturated rings. The molecule has 1 aromatic heterocycles. The van der Waals surface area contributed by atoms with Crippen molar-refractivity contribution >= 4 is 29.4 Å². The van der Waals surface area contributed by atoms with Gasteiger partial charge < -0.3 is 5.32 Å². The van der Waals surface area contributed by atoms with Crippen LogP contribution in [0.25, 0.3) is 6.08 Å². The van der Waals surface area contributed by atoms with Gasteiger partial charge in [0.1, 0.15) is 0 Å². The van der Waals surface area contributed by atoms with Gasteiger partial charge in [0.15, 0.2) is 5.82 Å². The van der Waals surface area contributed by atoms with Crippen LogP contribution in [-0.4, -0.2) is 16.1 Å². The number of aromatic amines is 1. The van der Waals surface area contributed by atoms with Crippen molar-refractivity contribution in [1.29, 1.82) is 0 Å². The Bertz CT molecular complexity index is 632. The first-order chi connectivity index (χ1) is 9.56. The topological polar surface area (TPSA) is 57.8 Å². The first-order valence-corrected chi connectivity index (χ1v) is 6.73. The van der Waals surface area contributed by atoms with Crippen LogP contribution in [0.4, 0.5) is 5.82 Å². The fraction of sp³-hybridized carbons (Fsp3) is 0.200. The van der Waals surface area contributed by atoms with E-state index in [1.165, 1.54) is 6.08 Å². The number of nitrogens with zero attached hydrogens (tertiary/aromatic N) is 1. The predicted molar refractivity (Wildman–Crippen MR) is 81.8 cm³/mol. The van der Waals surface area contributed by atoms with E-state index in [-0.39, 0.29) is 5.91 Å². The van der Waals surface area contributed by atoms with Gasteiger partial charge in [0.05, 0.1) is 0 Å². The fourth-order valence-electron chi connectivity index (χ4n) is 1.64. The lowest BCUT2D eigenvalue weighted by Gasteiger charge is -1.98. The third-order valence-electron chi connectivity index (χ3n) is 2.79. The fourth-order valence-corrected chi connectivity index (χ4v) is 1.84. The molecule has 5 heteroatoms. The van der Waals surface area contributed by atoms with Crippen LogP contribution in [0.3, 0.4) is 0 Å². The molecule has 0 saturated heterocycles. The molecule has 1 heterocycles. The van der Waals surface area contributed by atoms with Gasteiger partial charge in [-0.2, -0.15) is 5.10 Å². The summed E-state index contributed by atoms with van der Waals surface area (Å²) in [5.74, 6) is 0.612. The molecule has 2 rings (SSSR count). The Labute approximate surface area is 122 Å². The summed E-state index contributed by atoms with van der Waals surface area (Å²) in [5.41, 5.74) is 1.78. The first-order valence-electron chi connectivity index (χ1n) is 6.35. The average Bonchev–Trinajstić information content (AvgIpc) is 2.86. The smallest absolute Gasteiger partial charge is 0.249 e. The lowest BCUT2D eigenvalue weighted by molar-refractivity contribution is -0.111. The SMILES string of the molecule is CC(C)c1cc(NC(=O)/C=C/c2ccccc2Cl)n[nH]1. The maximum absolute atomic E-state index is 11.8. The zero-order chi connectivity index (χ0) is 14.5. The molecule has 0 bridgehead atoms. The van der Waals surface area contributed by atoms with E-state index in [0.717, 1.165) is 11.3 Å². The summed E-state index contributed by atoms with van der Waals surface area (Å²) in [4.78, 5) is 11.8. The van der Waals surface area contributed by atoms with Crippen molar-refractivity contribution in [2.75, 3.05) is 5.32 Å². The summed E-state index contributed by atoms with van der Waals surface area (Å²) < 4.78 is 0. The second-order valence-corrected chi connectivity index (χ2v) is 5.11. The number of halogens is 1. The molecule has 1 amide bonds. The highest BCUT2D eigenvalue weighted by Gasteiger charge is 2.06. The van der Waals surface area contributed by atoms with Crippen LogP contribution in [0.5, 0.6) is 0 Å². The molecule has 0 radical (unpaired) electrons. The Morgan fingerprint density at radius 1 is 1.40 bits per heavy atom. The molecular weight excluding hydrogens is 274 g/mol. The van der Waals surface area contributed by atoms with Gasteiger partial charge in [-0.05, 0) is 23.6 Å². The zero-order valence-electron chi connectivity index (χ0n) is 11.4. The van der Waals surface area contributed by atoms with Crippen LogP contribution in [0.15, 0.2) is 36.4 Å². The Hall–Kier alpha value is -2.07. The van der Waals surface area contributed by atoms with E-state index in [1.807, 2.05) is 24.3 Å². The first kappa shape index (κ1) is 14.3. The molecular formula is C15H16ClN3O. The highest BCUT2D eigenvalue weighted by Crippen LogP contribution is 2.17.